The molecule has 3 aromatic rings. The van der Waals surface area contributed by atoms with E-state index in [9.17, 15) is 17.6 Å². The molecule has 0 spiro atoms. The van der Waals surface area contributed by atoms with Crippen molar-refractivity contribution in [3.8, 4) is 11.3 Å². The van der Waals surface area contributed by atoms with Gasteiger partial charge in [0, 0.05) is 17.0 Å². The van der Waals surface area contributed by atoms with Crippen LogP contribution < -0.4 is 5.32 Å². The van der Waals surface area contributed by atoms with Crippen LogP contribution in [0.1, 0.15) is 37.8 Å². The number of hydrogen-bond donors (Lipinski definition) is 1. The Hall–Kier alpha value is -2.55. The van der Waals surface area contributed by atoms with Gasteiger partial charge in [-0.1, -0.05) is 17.7 Å². The summed E-state index contributed by atoms with van der Waals surface area (Å²) in [6, 6.07) is 12.2. The van der Waals surface area contributed by atoms with Crippen molar-refractivity contribution in [2.24, 2.45) is 0 Å². The number of halogens is 2. The number of aryl methyl sites for hydroxylation is 1. The number of nitrogens with one attached hydrogen (secondary N) is 1. The highest BCUT2D eigenvalue weighted by Gasteiger charge is 2.15. The topological polar surface area (TPSA) is 85.4 Å². The molecular formula is C25H28ClFN2O4S. The molecule has 1 heterocycles. The van der Waals surface area contributed by atoms with Crippen molar-refractivity contribution in [1.29, 1.82) is 0 Å². The van der Waals surface area contributed by atoms with Crippen molar-refractivity contribution in [3.05, 3.63) is 64.4 Å². The predicted molar refractivity (Wildman–Crippen MR) is 133 cm³/mol. The number of benzene rings is 2. The molecule has 0 radical (unpaired) electrons. The third-order valence-electron chi connectivity index (χ3n) is 5.11. The second-order valence-electron chi connectivity index (χ2n) is 8.53. The Morgan fingerprint density at radius 1 is 1.15 bits per heavy atom. The lowest BCUT2D eigenvalue weighted by molar-refractivity contribution is -0.120. The lowest BCUT2D eigenvalue weighted by Crippen LogP contribution is -2.31. The molecule has 0 saturated carbocycles. The first-order valence-corrected chi connectivity index (χ1v) is 13.2. The molecule has 0 bridgehead atoms. The highest BCUT2D eigenvalue weighted by Crippen LogP contribution is 2.30. The van der Waals surface area contributed by atoms with Gasteiger partial charge in [0.05, 0.1) is 35.5 Å². The zero-order chi connectivity index (χ0) is 24.9. The molecule has 0 aliphatic heterocycles. The standard InChI is InChI=1S/C25H28ClFN2O4S/c1-16(2)28-24(30)15-20-13-19-12-17(6-4-5-11-33-34(3,31)32)7-10-23(19)29-25(20)18-8-9-22(27)21(26)14-18/h7-10,12-14,16H,4-6,11,15H2,1-3H3,(H,28,30). The Kier molecular flexibility index (Phi) is 8.62. The van der Waals surface area contributed by atoms with Gasteiger partial charge in [0.2, 0.25) is 5.91 Å². The van der Waals surface area contributed by atoms with E-state index in [4.69, 9.17) is 20.8 Å². The smallest absolute Gasteiger partial charge is 0.264 e. The number of carbonyl (C=O) groups excluding carboxylic acids is 1. The fraction of sp³-hybridized carbons (Fsp3) is 0.360. The maximum absolute atomic E-state index is 13.7. The first-order valence-electron chi connectivity index (χ1n) is 11.0. The number of unbranched alkanes of at least 4 members (excludes halogenated alkanes) is 1. The van der Waals surface area contributed by atoms with Gasteiger partial charge in [-0.15, -0.1) is 0 Å². The number of rotatable bonds is 10. The van der Waals surface area contributed by atoms with E-state index in [2.05, 4.69) is 5.32 Å². The lowest BCUT2D eigenvalue weighted by Gasteiger charge is -2.14. The molecule has 182 valence electrons. The van der Waals surface area contributed by atoms with Crippen molar-refractivity contribution >= 4 is 38.5 Å². The number of amides is 1. The quantitative estimate of drug-likeness (QED) is 0.307. The molecule has 0 unspecified atom stereocenters. The minimum atomic E-state index is -3.42. The monoisotopic (exact) mass is 506 g/mol. The summed E-state index contributed by atoms with van der Waals surface area (Å²) in [4.78, 5) is 17.3. The van der Waals surface area contributed by atoms with E-state index in [1.165, 1.54) is 12.1 Å². The van der Waals surface area contributed by atoms with E-state index in [1.807, 2.05) is 38.1 Å². The fourth-order valence-corrected chi connectivity index (χ4v) is 4.24. The Bertz CT molecular complexity index is 1300. The van der Waals surface area contributed by atoms with E-state index in [0.29, 0.717) is 23.2 Å². The van der Waals surface area contributed by atoms with Gasteiger partial charge in [-0.3, -0.25) is 8.98 Å². The molecule has 0 atom stereocenters. The van der Waals surface area contributed by atoms with E-state index in [0.717, 1.165) is 35.6 Å². The Labute approximate surface area is 204 Å². The molecule has 6 nitrogen and oxygen atoms in total. The summed E-state index contributed by atoms with van der Waals surface area (Å²) in [5.74, 6) is -0.649. The fourth-order valence-electron chi connectivity index (χ4n) is 3.64. The molecule has 3 rings (SSSR count). The van der Waals surface area contributed by atoms with Gasteiger partial charge in [-0.05, 0) is 80.6 Å². The van der Waals surface area contributed by atoms with Crippen molar-refractivity contribution in [3.63, 3.8) is 0 Å². The second-order valence-corrected chi connectivity index (χ2v) is 10.6. The van der Waals surface area contributed by atoms with E-state index >= 15 is 0 Å². The molecule has 2 aromatic carbocycles. The SMILES string of the molecule is CC(C)NC(=O)Cc1cc2cc(CCCCOS(C)(=O)=O)ccc2nc1-c1ccc(F)c(Cl)c1. The first kappa shape index (κ1) is 26.1. The highest BCUT2D eigenvalue weighted by atomic mass is 35.5. The minimum Gasteiger partial charge on any atom is -0.354 e. The maximum Gasteiger partial charge on any atom is 0.264 e. The van der Waals surface area contributed by atoms with E-state index in [-0.39, 0.29) is 30.0 Å². The normalized spacial score (nSPS) is 11.8. The molecule has 1 aromatic heterocycles. The molecule has 34 heavy (non-hydrogen) atoms. The van der Waals surface area contributed by atoms with Crippen LogP contribution in [0.5, 0.6) is 0 Å². The van der Waals surface area contributed by atoms with Crippen LogP contribution >= 0.6 is 11.6 Å². The lowest BCUT2D eigenvalue weighted by atomic mass is 9.98. The van der Waals surface area contributed by atoms with Crippen molar-refractivity contribution in [1.82, 2.24) is 10.3 Å². The Balaban J connectivity index is 1.89. The average Bonchev–Trinajstić information content (AvgIpc) is 2.73. The van der Waals surface area contributed by atoms with Gasteiger partial charge >= 0.3 is 0 Å². The molecule has 1 N–H and O–H groups in total. The summed E-state index contributed by atoms with van der Waals surface area (Å²) < 4.78 is 40.6. The number of aromatic nitrogens is 1. The predicted octanol–water partition coefficient (Wildman–Crippen LogP) is 5.06. The van der Waals surface area contributed by atoms with Gasteiger partial charge in [0.15, 0.2) is 0 Å². The molecular weight excluding hydrogens is 479 g/mol. The van der Waals surface area contributed by atoms with Gasteiger partial charge < -0.3 is 5.32 Å². The first-order chi connectivity index (χ1) is 16.0. The van der Waals surface area contributed by atoms with E-state index < -0.39 is 15.9 Å². The average molecular weight is 507 g/mol. The van der Waals surface area contributed by atoms with Gasteiger partial charge in [-0.25, -0.2) is 9.37 Å². The summed E-state index contributed by atoms with van der Waals surface area (Å²) in [5, 5.41) is 3.77. The van der Waals surface area contributed by atoms with Crippen LogP contribution in [0.15, 0.2) is 42.5 Å². The van der Waals surface area contributed by atoms with Crippen molar-refractivity contribution in [2.45, 2.75) is 45.6 Å². The Morgan fingerprint density at radius 2 is 1.91 bits per heavy atom. The third kappa shape index (κ3) is 7.48. The van der Waals surface area contributed by atoms with Gasteiger partial charge in [-0.2, -0.15) is 8.42 Å². The summed E-state index contributed by atoms with van der Waals surface area (Å²) in [5.41, 5.74) is 3.75. The molecule has 0 fully saturated rings. The van der Waals surface area contributed by atoms with Crippen molar-refractivity contribution < 1.29 is 21.8 Å². The number of pyridine rings is 1. The molecule has 0 saturated heterocycles. The molecule has 0 aliphatic rings. The zero-order valence-corrected chi connectivity index (χ0v) is 21.0. The van der Waals surface area contributed by atoms with Gasteiger partial charge in [0.1, 0.15) is 5.82 Å². The van der Waals surface area contributed by atoms with Crippen LogP contribution in [0.4, 0.5) is 4.39 Å². The number of fused-ring (bicyclic) bond motifs is 1. The summed E-state index contributed by atoms with van der Waals surface area (Å²) in [6.45, 7) is 3.95. The highest BCUT2D eigenvalue weighted by molar-refractivity contribution is 7.85. The number of nitrogens with zero attached hydrogens (tertiary/aromatic N) is 1. The van der Waals surface area contributed by atoms with Crippen LogP contribution in [0, 0.1) is 5.82 Å². The molecule has 0 aliphatic carbocycles. The summed E-state index contributed by atoms with van der Waals surface area (Å²) >= 11 is 6.00. The maximum atomic E-state index is 13.7. The van der Waals surface area contributed by atoms with Crippen LogP contribution in [0.25, 0.3) is 22.2 Å². The van der Waals surface area contributed by atoms with Gasteiger partial charge in [0.25, 0.3) is 10.1 Å². The Morgan fingerprint density at radius 3 is 2.59 bits per heavy atom. The van der Waals surface area contributed by atoms with Crippen molar-refractivity contribution in [2.75, 3.05) is 12.9 Å². The molecule has 1 amide bonds. The minimum absolute atomic E-state index is 0.00269. The third-order valence-corrected chi connectivity index (χ3v) is 5.99. The second kappa shape index (κ2) is 11.3. The summed E-state index contributed by atoms with van der Waals surface area (Å²) in [7, 11) is -3.42. The zero-order valence-electron chi connectivity index (χ0n) is 19.4. The number of carbonyl (C=O) groups is 1. The van der Waals surface area contributed by atoms with Crippen LogP contribution in [-0.4, -0.2) is 38.2 Å². The summed E-state index contributed by atoms with van der Waals surface area (Å²) in [6.07, 6.45) is 3.30. The number of hydrogen-bond acceptors (Lipinski definition) is 5. The van der Waals surface area contributed by atoms with E-state index in [1.54, 1.807) is 6.07 Å². The van der Waals surface area contributed by atoms with Crippen LogP contribution in [-0.2, 0) is 31.9 Å². The van der Waals surface area contributed by atoms with Crippen LogP contribution in [0.3, 0.4) is 0 Å². The van der Waals surface area contributed by atoms with Crippen LogP contribution in [0.2, 0.25) is 5.02 Å². The largest absolute Gasteiger partial charge is 0.354 e. The molecule has 9 heteroatoms.